The maximum atomic E-state index is 12.3. The van der Waals surface area contributed by atoms with Gasteiger partial charge in [-0.15, -0.1) is 11.8 Å². The van der Waals surface area contributed by atoms with Gasteiger partial charge in [0, 0.05) is 6.42 Å². The summed E-state index contributed by atoms with van der Waals surface area (Å²) in [4.78, 5) is 22.8. The van der Waals surface area contributed by atoms with Gasteiger partial charge in [-0.1, -0.05) is 54.6 Å². The zero-order chi connectivity index (χ0) is 22.1. The van der Waals surface area contributed by atoms with Gasteiger partial charge in [-0.25, -0.2) is 0 Å². The van der Waals surface area contributed by atoms with Crippen molar-refractivity contribution in [3.63, 3.8) is 0 Å². The average Bonchev–Trinajstić information content (AvgIpc) is 3.12. The number of rotatable bonds is 12. The van der Waals surface area contributed by atoms with Crippen LogP contribution in [-0.4, -0.2) is 50.6 Å². The fourth-order valence-corrected chi connectivity index (χ4v) is 6.05. The molecule has 0 spiro atoms. The maximum Gasteiger partial charge on any atom is 0.313 e. The minimum Gasteiger partial charge on any atom is -0.481 e. The number of hydrogen-bond acceptors (Lipinski definition) is 5. The van der Waals surface area contributed by atoms with Crippen LogP contribution in [0.2, 0.25) is 0 Å². The Morgan fingerprint density at radius 1 is 1.16 bits per heavy atom. The van der Waals surface area contributed by atoms with Crippen LogP contribution < -0.4 is 0 Å². The molecule has 1 aliphatic carbocycles. The molecule has 1 saturated carbocycles. The fraction of sp³-hybridized carbons (Fsp3) is 0.440. The summed E-state index contributed by atoms with van der Waals surface area (Å²) >= 11 is 3.10. The predicted octanol–water partition coefficient (Wildman–Crippen LogP) is 4.98. The van der Waals surface area contributed by atoms with Gasteiger partial charge in [-0.3, -0.25) is 9.59 Å². The molecule has 0 radical (unpaired) electrons. The number of allylic oxidation sites excluding steroid dienone is 1. The molecule has 3 atom stereocenters. The molecular weight excluding hydrogens is 428 g/mol. The Kier molecular flexibility index (Phi) is 9.50. The minimum absolute atomic E-state index is 0.0339. The highest BCUT2D eigenvalue weighted by Crippen LogP contribution is 2.34. The number of thioether (sulfide) groups is 2. The molecule has 0 amide bonds. The van der Waals surface area contributed by atoms with Gasteiger partial charge >= 0.3 is 5.97 Å². The number of aliphatic hydroxyl groups excluding tert-OH is 1. The Hall–Kier alpha value is -1.76. The van der Waals surface area contributed by atoms with Crippen molar-refractivity contribution in [2.75, 3.05) is 17.3 Å². The molecule has 0 bridgehead atoms. The number of aliphatic carboxylic acids is 1. The molecule has 0 saturated heterocycles. The van der Waals surface area contributed by atoms with Crippen molar-refractivity contribution < 1.29 is 19.8 Å². The van der Waals surface area contributed by atoms with Crippen molar-refractivity contribution in [2.24, 2.45) is 5.92 Å². The molecule has 31 heavy (non-hydrogen) atoms. The first kappa shape index (κ1) is 23.9. The Bertz CT molecular complexity index is 911. The van der Waals surface area contributed by atoms with Crippen molar-refractivity contribution in [1.82, 2.24) is 0 Å². The smallest absolute Gasteiger partial charge is 0.313 e. The molecule has 166 valence electrons. The van der Waals surface area contributed by atoms with Crippen molar-refractivity contribution >= 4 is 46.0 Å². The van der Waals surface area contributed by atoms with Gasteiger partial charge < -0.3 is 10.2 Å². The summed E-state index contributed by atoms with van der Waals surface area (Å²) in [5.41, 5.74) is 1.22. The van der Waals surface area contributed by atoms with Gasteiger partial charge in [0.05, 0.1) is 17.1 Å². The Morgan fingerprint density at radius 2 is 1.97 bits per heavy atom. The van der Waals surface area contributed by atoms with Crippen LogP contribution in [0.15, 0.2) is 54.6 Å². The summed E-state index contributed by atoms with van der Waals surface area (Å²) in [5, 5.41) is 21.5. The molecule has 3 unspecified atom stereocenters. The number of benzene rings is 2. The SMILES string of the molecule is O=C(O)CSCCCSC1C(=O)CCC1C=CC(O)CCc1ccc2ccccc2c1. The first-order valence-corrected chi connectivity index (χ1v) is 13.0. The lowest BCUT2D eigenvalue weighted by Crippen LogP contribution is -2.17. The summed E-state index contributed by atoms with van der Waals surface area (Å²) in [6.45, 7) is 0. The van der Waals surface area contributed by atoms with E-state index in [4.69, 9.17) is 5.11 Å². The summed E-state index contributed by atoms with van der Waals surface area (Å²) in [7, 11) is 0. The molecule has 2 N–H and O–H groups in total. The van der Waals surface area contributed by atoms with E-state index in [1.807, 2.05) is 24.3 Å². The number of ketones is 1. The highest BCUT2D eigenvalue weighted by atomic mass is 32.2. The highest BCUT2D eigenvalue weighted by molar-refractivity contribution is 8.01. The third-order valence-electron chi connectivity index (χ3n) is 5.51. The van der Waals surface area contributed by atoms with Crippen molar-refractivity contribution in [3.05, 3.63) is 60.2 Å². The molecule has 0 heterocycles. The Balaban J connectivity index is 1.42. The second-order valence-electron chi connectivity index (χ2n) is 7.93. The molecule has 0 aliphatic heterocycles. The van der Waals surface area contributed by atoms with Crippen LogP contribution in [-0.2, 0) is 16.0 Å². The molecule has 0 aromatic heterocycles. The first-order chi connectivity index (χ1) is 15.0. The summed E-state index contributed by atoms with van der Waals surface area (Å²) < 4.78 is 0. The standard InChI is InChI=1S/C25H30O4S2/c26-22(11-7-18-6-8-19-4-1-2-5-21(19)16-18)12-9-20-10-13-23(27)25(20)31-15-3-14-30-17-24(28)29/h1-2,4-6,8-9,12,16,20,22,25-26H,3,7,10-11,13-15,17H2,(H,28,29). The largest absolute Gasteiger partial charge is 0.481 e. The predicted molar refractivity (Wildman–Crippen MR) is 131 cm³/mol. The van der Waals surface area contributed by atoms with Crippen LogP contribution in [0.25, 0.3) is 10.8 Å². The number of Topliss-reactive ketones (excluding diaryl/α,β-unsaturated/α-hetero) is 1. The molecule has 6 heteroatoms. The Morgan fingerprint density at radius 3 is 2.77 bits per heavy atom. The van der Waals surface area contributed by atoms with Crippen LogP contribution in [0, 0.1) is 5.92 Å². The van der Waals surface area contributed by atoms with Crippen LogP contribution >= 0.6 is 23.5 Å². The van der Waals surface area contributed by atoms with Crippen molar-refractivity contribution in [2.45, 2.75) is 43.5 Å². The van der Waals surface area contributed by atoms with Crippen LogP contribution in [0.5, 0.6) is 0 Å². The van der Waals surface area contributed by atoms with Crippen molar-refractivity contribution in [3.8, 4) is 0 Å². The zero-order valence-electron chi connectivity index (χ0n) is 17.6. The van der Waals surface area contributed by atoms with Crippen LogP contribution in [0.3, 0.4) is 0 Å². The fourth-order valence-electron chi connectivity index (χ4n) is 3.86. The average molecular weight is 459 g/mol. The van der Waals surface area contributed by atoms with Crippen LogP contribution in [0.1, 0.15) is 31.2 Å². The second kappa shape index (κ2) is 12.3. The first-order valence-electron chi connectivity index (χ1n) is 10.8. The molecular formula is C25H30O4S2. The topological polar surface area (TPSA) is 74.6 Å². The lowest BCUT2D eigenvalue weighted by atomic mass is 10.0. The monoisotopic (exact) mass is 458 g/mol. The normalized spacial score (nSPS) is 20.0. The summed E-state index contributed by atoms with van der Waals surface area (Å²) in [6.07, 6.45) is 7.21. The molecule has 4 nitrogen and oxygen atoms in total. The number of hydrogen-bond donors (Lipinski definition) is 2. The molecule has 2 aromatic carbocycles. The van der Waals surface area contributed by atoms with E-state index in [-0.39, 0.29) is 16.9 Å². The van der Waals surface area contributed by atoms with E-state index in [1.165, 1.54) is 28.1 Å². The van der Waals surface area contributed by atoms with E-state index in [0.717, 1.165) is 30.8 Å². The van der Waals surface area contributed by atoms with Gasteiger partial charge in [-0.2, -0.15) is 11.8 Å². The zero-order valence-corrected chi connectivity index (χ0v) is 19.2. The van der Waals surface area contributed by atoms with E-state index in [1.54, 1.807) is 11.8 Å². The lowest BCUT2D eigenvalue weighted by molar-refractivity contribution is -0.133. The number of carboxylic acids is 1. The maximum absolute atomic E-state index is 12.3. The van der Waals surface area contributed by atoms with E-state index < -0.39 is 12.1 Å². The van der Waals surface area contributed by atoms with E-state index in [2.05, 4.69) is 30.3 Å². The van der Waals surface area contributed by atoms with Gasteiger partial charge in [0.25, 0.3) is 0 Å². The number of aryl methyl sites for hydroxylation is 1. The minimum atomic E-state index is -0.784. The van der Waals surface area contributed by atoms with Gasteiger partial charge in [0.15, 0.2) is 0 Å². The Labute approximate surface area is 192 Å². The van der Waals surface area contributed by atoms with Gasteiger partial charge in [0.1, 0.15) is 5.78 Å². The highest BCUT2D eigenvalue weighted by Gasteiger charge is 2.33. The number of fused-ring (bicyclic) bond motifs is 1. The van der Waals surface area contributed by atoms with E-state index >= 15 is 0 Å². The summed E-state index contributed by atoms with van der Waals surface area (Å²) in [6, 6.07) is 14.7. The molecule has 1 aliphatic rings. The summed E-state index contributed by atoms with van der Waals surface area (Å²) in [5.74, 6) is 1.48. The number of carbonyl (C=O) groups excluding carboxylic acids is 1. The lowest BCUT2D eigenvalue weighted by Gasteiger charge is -2.15. The number of aliphatic hydroxyl groups is 1. The second-order valence-corrected chi connectivity index (χ2v) is 10.3. The molecule has 3 rings (SSSR count). The van der Waals surface area contributed by atoms with Gasteiger partial charge in [0.2, 0.25) is 0 Å². The molecule has 2 aromatic rings. The van der Waals surface area contributed by atoms with Gasteiger partial charge in [-0.05, 0) is 59.4 Å². The third-order valence-corrected chi connectivity index (χ3v) is 8.03. The number of carbonyl (C=O) groups is 2. The molecule has 1 fully saturated rings. The van der Waals surface area contributed by atoms with Crippen molar-refractivity contribution in [1.29, 1.82) is 0 Å². The van der Waals surface area contributed by atoms with E-state index in [9.17, 15) is 14.7 Å². The number of carboxylic acid groups (broad SMARTS) is 1. The van der Waals surface area contributed by atoms with Crippen LogP contribution in [0.4, 0.5) is 0 Å². The third kappa shape index (κ3) is 7.70. The van der Waals surface area contributed by atoms with E-state index in [0.29, 0.717) is 18.6 Å². The quantitative estimate of drug-likeness (QED) is 0.345.